The third-order valence-corrected chi connectivity index (χ3v) is 4.53. The minimum atomic E-state index is 0.474. The molecule has 2 aromatic rings. The number of aryl methyl sites for hydroxylation is 1. The summed E-state index contributed by atoms with van der Waals surface area (Å²) in [7, 11) is 0. The van der Waals surface area contributed by atoms with Crippen LogP contribution in [0.15, 0.2) is 22.8 Å². The SMILES string of the molecule is Cc1cc(Cl)nc2c1NCc1cc(Br)cnc1N2C1CC1. The van der Waals surface area contributed by atoms with Crippen LogP contribution in [0.1, 0.15) is 24.0 Å². The number of aromatic nitrogens is 2. The number of nitrogens with one attached hydrogen (secondary N) is 1. The van der Waals surface area contributed by atoms with Crippen molar-refractivity contribution in [2.24, 2.45) is 0 Å². The van der Waals surface area contributed by atoms with E-state index in [2.05, 4.69) is 49.1 Å². The number of anilines is 3. The Morgan fingerprint density at radius 2 is 2.14 bits per heavy atom. The van der Waals surface area contributed by atoms with Crippen LogP contribution in [0.5, 0.6) is 0 Å². The molecule has 2 aromatic heterocycles. The Bertz CT molecular complexity index is 730. The first-order valence-corrected chi connectivity index (χ1v) is 8.15. The van der Waals surface area contributed by atoms with Crippen LogP contribution >= 0.6 is 27.5 Å². The van der Waals surface area contributed by atoms with Crippen LogP contribution in [-0.4, -0.2) is 16.0 Å². The van der Waals surface area contributed by atoms with Gasteiger partial charge in [-0.15, -0.1) is 0 Å². The number of nitrogens with zero attached hydrogens (tertiary/aromatic N) is 3. The van der Waals surface area contributed by atoms with Crippen LogP contribution in [0, 0.1) is 6.92 Å². The molecular formula is C15H14BrClN4. The molecule has 0 aromatic carbocycles. The zero-order chi connectivity index (χ0) is 14.6. The molecule has 1 fully saturated rings. The fourth-order valence-electron chi connectivity index (χ4n) is 2.79. The highest BCUT2D eigenvalue weighted by molar-refractivity contribution is 9.10. The zero-order valence-electron chi connectivity index (χ0n) is 11.5. The van der Waals surface area contributed by atoms with E-state index in [0.717, 1.165) is 33.9 Å². The van der Waals surface area contributed by atoms with Crippen molar-refractivity contribution < 1.29 is 0 Å². The maximum atomic E-state index is 6.18. The summed E-state index contributed by atoms with van der Waals surface area (Å²) in [5, 5.41) is 4.02. The second-order valence-corrected chi connectivity index (χ2v) is 6.85. The third kappa shape index (κ3) is 2.28. The minimum absolute atomic E-state index is 0.474. The molecule has 4 rings (SSSR count). The molecule has 0 spiro atoms. The van der Waals surface area contributed by atoms with Gasteiger partial charge in [0, 0.05) is 28.8 Å². The molecule has 0 radical (unpaired) electrons. The summed E-state index contributed by atoms with van der Waals surface area (Å²) < 4.78 is 0.993. The molecule has 6 heteroatoms. The fraction of sp³-hybridized carbons (Fsp3) is 0.333. The maximum absolute atomic E-state index is 6.18. The average Bonchev–Trinajstić information content (AvgIpc) is 3.24. The van der Waals surface area contributed by atoms with Gasteiger partial charge in [0.15, 0.2) is 5.82 Å². The van der Waals surface area contributed by atoms with Crippen molar-refractivity contribution in [1.29, 1.82) is 0 Å². The Labute approximate surface area is 136 Å². The number of halogens is 2. The first-order valence-electron chi connectivity index (χ1n) is 6.98. The highest BCUT2D eigenvalue weighted by Crippen LogP contribution is 2.44. The predicted octanol–water partition coefficient (Wildman–Crippen LogP) is 4.43. The van der Waals surface area contributed by atoms with Crippen molar-refractivity contribution in [1.82, 2.24) is 9.97 Å². The van der Waals surface area contributed by atoms with Gasteiger partial charge in [-0.1, -0.05) is 11.6 Å². The molecular weight excluding hydrogens is 352 g/mol. The Morgan fingerprint density at radius 1 is 1.33 bits per heavy atom. The van der Waals surface area contributed by atoms with E-state index in [1.165, 1.54) is 18.4 Å². The minimum Gasteiger partial charge on any atom is -0.378 e. The maximum Gasteiger partial charge on any atom is 0.159 e. The molecule has 1 aliphatic heterocycles. The van der Waals surface area contributed by atoms with Crippen LogP contribution in [0.3, 0.4) is 0 Å². The van der Waals surface area contributed by atoms with Crippen molar-refractivity contribution in [2.45, 2.75) is 32.4 Å². The van der Waals surface area contributed by atoms with E-state index in [1.807, 2.05) is 12.3 Å². The molecule has 0 unspecified atom stereocenters. The highest BCUT2D eigenvalue weighted by atomic mass is 79.9. The van der Waals surface area contributed by atoms with E-state index in [0.29, 0.717) is 11.2 Å². The van der Waals surface area contributed by atoms with E-state index in [4.69, 9.17) is 11.6 Å². The van der Waals surface area contributed by atoms with Gasteiger partial charge in [-0.3, -0.25) is 0 Å². The van der Waals surface area contributed by atoms with Crippen molar-refractivity contribution in [3.8, 4) is 0 Å². The summed E-state index contributed by atoms with van der Waals surface area (Å²) in [5.74, 6) is 1.89. The molecule has 4 nitrogen and oxygen atoms in total. The zero-order valence-corrected chi connectivity index (χ0v) is 13.9. The molecule has 21 heavy (non-hydrogen) atoms. The lowest BCUT2D eigenvalue weighted by atomic mass is 10.2. The summed E-state index contributed by atoms with van der Waals surface area (Å²) in [6, 6.07) is 4.49. The molecule has 0 amide bonds. The first kappa shape index (κ1) is 13.3. The molecule has 0 atom stereocenters. The van der Waals surface area contributed by atoms with Gasteiger partial charge in [0.25, 0.3) is 0 Å². The Hall–Kier alpha value is -1.33. The van der Waals surface area contributed by atoms with Gasteiger partial charge in [-0.2, -0.15) is 0 Å². The molecule has 2 aliphatic rings. The second kappa shape index (κ2) is 4.85. The number of rotatable bonds is 1. The Kier molecular flexibility index (Phi) is 3.08. The lowest BCUT2D eigenvalue weighted by Crippen LogP contribution is -2.22. The van der Waals surface area contributed by atoms with E-state index >= 15 is 0 Å². The molecule has 0 saturated heterocycles. The van der Waals surface area contributed by atoms with Crippen molar-refractivity contribution >= 4 is 44.9 Å². The van der Waals surface area contributed by atoms with Gasteiger partial charge in [-0.25, -0.2) is 9.97 Å². The van der Waals surface area contributed by atoms with Crippen molar-refractivity contribution in [3.63, 3.8) is 0 Å². The lowest BCUT2D eigenvalue weighted by molar-refractivity contribution is 0.914. The molecule has 1 aliphatic carbocycles. The summed E-state index contributed by atoms with van der Waals surface area (Å²) in [4.78, 5) is 11.5. The van der Waals surface area contributed by atoms with Gasteiger partial charge in [0.2, 0.25) is 0 Å². The predicted molar refractivity (Wildman–Crippen MR) is 88.4 cm³/mol. The van der Waals surface area contributed by atoms with Gasteiger partial charge >= 0.3 is 0 Å². The monoisotopic (exact) mass is 364 g/mol. The molecule has 108 valence electrons. The average molecular weight is 366 g/mol. The standard InChI is InChI=1S/C15H14BrClN4/c1-8-4-12(17)20-15-13(8)18-6-9-5-10(16)7-19-14(9)21(15)11-2-3-11/h4-5,7,11,18H,2-3,6H2,1H3. The second-order valence-electron chi connectivity index (χ2n) is 5.55. The van der Waals surface area contributed by atoms with Crippen LogP contribution in [0.25, 0.3) is 0 Å². The Balaban J connectivity index is 1.95. The lowest BCUT2D eigenvalue weighted by Gasteiger charge is -2.24. The number of hydrogen-bond acceptors (Lipinski definition) is 4. The molecule has 1 saturated carbocycles. The van der Waals surface area contributed by atoms with E-state index in [1.54, 1.807) is 0 Å². The Morgan fingerprint density at radius 3 is 2.90 bits per heavy atom. The summed E-state index contributed by atoms with van der Waals surface area (Å²) in [6.07, 6.45) is 4.18. The summed E-state index contributed by atoms with van der Waals surface area (Å²) >= 11 is 9.69. The van der Waals surface area contributed by atoms with Gasteiger partial charge < -0.3 is 10.2 Å². The van der Waals surface area contributed by atoms with Crippen molar-refractivity contribution in [3.05, 3.63) is 39.1 Å². The van der Waals surface area contributed by atoms with E-state index in [-0.39, 0.29) is 0 Å². The summed E-state index contributed by atoms with van der Waals surface area (Å²) in [5.41, 5.74) is 3.34. The largest absolute Gasteiger partial charge is 0.378 e. The van der Waals surface area contributed by atoms with E-state index < -0.39 is 0 Å². The van der Waals surface area contributed by atoms with Crippen LogP contribution in [0.4, 0.5) is 17.3 Å². The molecule has 1 N–H and O–H groups in total. The quantitative estimate of drug-likeness (QED) is 0.759. The first-order chi connectivity index (χ1) is 10.1. The fourth-order valence-corrected chi connectivity index (χ4v) is 3.42. The highest BCUT2D eigenvalue weighted by Gasteiger charge is 2.36. The van der Waals surface area contributed by atoms with Gasteiger partial charge in [-0.05, 0) is 53.4 Å². The van der Waals surface area contributed by atoms with Gasteiger partial charge in [0.1, 0.15) is 11.0 Å². The van der Waals surface area contributed by atoms with E-state index in [9.17, 15) is 0 Å². The molecule has 3 heterocycles. The smallest absolute Gasteiger partial charge is 0.159 e. The summed E-state index contributed by atoms with van der Waals surface area (Å²) in [6.45, 7) is 2.80. The molecule has 0 bridgehead atoms. The van der Waals surface area contributed by atoms with Gasteiger partial charge in [0.05, 0.1) is 5.69 Å². The number of fused-ring (bicyclic) bond motifs is 2. The van der Waals surface area contributed by atoms with Crippen LogP contribution in [0.2, 0.25) is 5.15 Å². The van der Waals surface area contributed by atoms with Crippen LogP contribution in [-0.2, 0) is 6.54 Å². The third-order valence-electron chi connectivity index (χ3n) is 3.90. The number of pyridine rings is 2. The van der Waals surface area contributed by atoms with Crippen LogP contribution < -0.4 is 10.2 Å². The van der Waals surface area contributed by atoms with Crippen molar-refractivity contribution in [2.75, 3.05) is 10.2 Å². The normalized spacial score (nSPS) is 16.8. The number of hydrogen-bond donors (Lipinski definition) is 1. The topological polar surface area (TPSA) is 41.1 Å².